The highest BCUT2D eigenvalue weighted by Crippen LogP contribution is 2.41. The van der Waals surface area contributed by atoms with Crippen LogP contribution in [0.4, 0.5) is 0 Å². The standard InChI is InChI=1S/C32H22.C20H12Br2/c1-3-11-23(12-4-1)27-20-28(24-13-5-2-6-14-24)22-29(21-27)32-30-17-9-7-15-25(30)19-26-16-8-10-18-31(26)32;21-16-10-15(11-17(22)12-16)20-18-7-3-1-5-13(18)9-14-6-2-4-8-19(14)20/h1-22H;1-12H. The van der Waals surface area contributed by atoms with Gasteiger partial charge in [-0.15, -0.1) is 0 Å². The molecule has 0 saturated carbocycles. The average molecular weight is 819 g/mol. The van der Waals surface area contributed by atoms with E-state index in [9.17, 15) is 0 Å². The Morgan fingerprint density at radius 2 is 0.519 bits per heavy atom. The van der Waals surface area contributed by atoms with Crippen LogP contribution in [0.1, 0.15) is 0 Å². The zero-order valence-electron chi connectivity index (χ0n) is 29.4. The molecule has 0 saturated heterocycles. The van der Waals surface area contributed by atoms with E-state index in [2.05, 4.69) is 238 Å². The van der Waals surface area contributed by atoms with E-state index in [0.29, 0.717) is 0 Å². The minimum atomic E-state index is 1.08. The summed E-state index contributed by atoms with van der Waals surface area (Å²) < 4.78 is 2.16. The number of benzene rings is 10. The lowest BCUT2D eigenvalue weighted by molar-refractivity contribution is 1.58. The molecule has 0 aliphatic rings. The zero-order valence-corrected chi connectivity index (χ0v) is 32.6. The minimum absolute atomic E-state index is 1.08. The lowest BCUT2D eigenvalue weighted by atomic mass is 9.88. The SMILES string of the molecule is Brc1cc(Br)cc(-c2c3ccccc3cc3ccccc23)c1.c1ccc(-c2cc(-c3ccccc3)cc(-c3c4ccccc4cc4ccccc34)c2)cc1. The number of hydrogen-bond acceptors (Lipinski definition) is 0. The molecule has 54 heavy (non-hydrogen) atoms. The van der Waals surface area contributed by atoms with Crippen molar-refractivity contribution in [1.82, 2.24) is 0 Å². The highest BCUT2D eigenvalue weighted by molar-refractivity contribution is 9.11. The van der Waals surface area contributed by atoms with E-state index in [1.807, 2.05) is 0 Å². The van der Waals surface area contributed by atoms with Crippen LogP contribution < -0.4 is 0 Å². The van der Waals surface area contributed by atoms with Gasteiger partial charge in [0.15, 0.2) is 0 Å². The summed E-state index contributed by atoms with van der Waals surface area (Å²) in [5.41, 5.74) is 9.99. The number of hydrogen-bond donors (Lipinski definition) is 0. The fraction of sp³-hybridized carbons (Fsp3) is 0. The summed E-state index contributed by atoms with van der Waals surface area (Å²) in [6.07, 6.45) is 0. The van der Waals surface area contributed by atoms with Gasteiger partial charge < -0.3 is 0 Å². The smallest absolute Gasteiger partial charge is 0.0192 e. The highest BCUT2D eigenvalue weighted by Gasteiger charge is 2.14. The van der Waals surface area contributed by atoms with Gasteiger partial charge in [-0.3, -0.25) is 0 Å². The molecule has 2 heteroatoms. The van der Waals surface area contributed by atoms with Crippen LogP contribution in [0.3, 0.4) is 0 Å². The second kappa shape index (κ2) is 14.9. The normalized spacial score (nSPS) is 11.1. The molecule has 0 fully saturated rings. The molecule has 0 heterocycles. The van der Waals surface area contributed by atoms with Gasteiger partial charge in [0.2, 0.25) is 0 Å². The molecular weight excluding hydrogens is 784 g/mol. The fourth-order valence-corrected chi connectivity index (χ4v) is 9.01. The van der Waals surface area contributed by atoms with Gasteiger partial charge in [0.1, 0.15) is 0 Å². The second-order valence-corrected chi connectivity index (χ2v) is 15.4. The van der Waals surface area contributed by atoms with Crippen molar-refractivity contribution in [2.24, 2.45) is 0 Å². The van der Waals surface area contributed by atoms with Crippen molar-refractivity contribution in [2.45, 2.75) is 0 Å². The van der Waals surface area contributed by atoms with Crippen LogP contribution in [-0.2, 0) is 0 Å². The van der Waals surface area contributed by atoms with Crippen LogP contribution in [0, 0.1) is 0 Å². The molecule has 10 aromatic rings. The molecule has 0 radical (unpaired) electrons. The highest BCUT2D eigenvalue weighted by atomic mass is 79.9. The zero-order chi connectivity index (χ0) is 36.4. The molecule has 0 unspecified atom stereocenters. The quantitative estimate of drug-likeness (QED) is 0.155. The Bertz CT molecular complexity index is 2760. The molecule has 0 bridgehead atoms. The van der Waals surface area contributed by atoms with Crippen LogP contribution in [0.25, 0.3) is 87.6 Å². The Labute approximate surface area is 332 Å². The molecule has 0 aliphatic carbocycles. The summed E-state index contributed by atoms with van der Waals surface area (Å²) >= 11 is 7.22. The van der Waals surface area contributed by atoms with Gasteiger partial charge in [0.05, 0.1) is 0 Å². The third kappa shape index (κ3) is 6.76. The summed E-state index contributed by atoms with van der Waals surface area (Å²) in [7, 11) is 0. The summed E-state index contributed by atoms with van der Waals surface area (Å²) in [5, 5.41) is 10.2. The third-order valence-corrected chi connectivity index (χ3v) is 11.0. The topological polar surface area (TPSA) is 0 Å². The van der Waals surface area contributed by atoms with Gasteiger partial charge in [-0.2, -0.15) is 0 Å². The maximum absolute atomic E-state index is 3.61. The summed E-state index contributed by atoms with van der Waals surface area (Å²) in [5.74, 6) is 0. The summed E-state index contributed by atoms with van der Waals surface area (Å²) in [6, 6.07) is 73.9. The molecule has 10 aromatic carbocycles. The fourth-order valence-electron chi connectivity index (χ4n) is 7.71. The van der Waals surface area contributed by atoms with Crippen molar-refractivity contribution < 1.29 is 0 Å². The van der Waals surface area contributed by atoms with Crippen molar-refractivity contribution >= 4 is 74.9 Å². The lowest BCUT2D eigenvalue weighted by Gasteiger charge is -2.15. The van der Waals surface area contributed by atoms with Crippen molar-refractivity contribution in [2.75, 3.05) is 0 Å². The number of rotatable bonds is 4. The number of halogens is 2. The Morgan fingerprint density at radius 3 is 0.889 bits per heavy atom. The van der Waals surface area contributed by atoms with Gasteiger partial charge in [-0.05, 0) is 136 Å². The van der Waals surface area contributed by atoms with E-state index >= 15 is 0 Å². The molecule has 0 aromatic heterocycles. The van der Waals surface area contributed by atoms with Gasteiger partial charge in [-0.1, -0.05) is 190 Å². The molecule has 256 valence electrons. The Kier molecular flexibility index (Phi) is 9.39. The van der Waals surface area contributed by atoms with E-state index in [0.717, 1.165) is 8.95 Å². The Hall–Kier alpha value is -5.80. The summed E-state index contributed by atoms with van der Waals surface area (Å²) in [6.45, 7) is 0. The molecule has 0 aliphatic heterocycles. The molecule has 0 nitrogen and oxygen atoms in total. The second-order valence-electron chi connectivity index (χ2n) is 13.6. The van der Waals surface area contributed by atoms with Crippen molar-refractivity contribution in [3.63, 3.8) is 0 Å². The lowest BCUT2D eigenvalue weighted by Crippen LogP contribution is -1.89. The van der Waals surface area contributed by atoms with Crippen molar-refractivity contribution in [3.05, 3.63) is 215 Å². The molecule has 0 atom stereocenters. The van der Waals surface area contributed by atoms with Gasteiger partial charge in [0, 0.05) is 8.95 Å². The first-order valence-corrected chi connectivity index (χ1v) is 19.7. The Morgan fingerprint density at radius 1 is 0.222 bits per heavy atom. The molecular formula is C52H34Br2. The maximum atomic E-state index is 3.61. The van der Waals surface area contributed by atoms with E-state index in [-0.39, 0.29) is 0 Å². The van der Waals surface area contributed by atoms with Crippen LogP contribution in [0.15, 0.2) is 215 Å². The van der Waals surface area contributed by atoms with E-state index in [4.69, 9.17) is 0 Å². The predicted molar refractivity (Wildman–Crippen MR) is 240 cm³/mol. The first-order valence-electron chi connectivity index (χ1n) is 18.1. The van der Waals surface area contributed by atoms with Crippen LogP contribution >= 0.6 is 31.9 Å². The molecule has 10 rings (SSSR count). The largest absolute Gasteiger partial charge is 0.0622 e. The first-order chi connectivity index (χ1) is 26.6. The minimum Gasteiger partial charge on any atom is -0.0622 e. The summed E-state index contributed by atoms with van der Waals surface area (Å²) in [4.78, 5) is 0. The third-order valence-electron chi connectivity index (χ3n) is 10.1. The maximum Gasteiger partial charge on any atom is 0.0192 e. The van der Waals surface area contributed by atoms with Gasteiger partial charge in [-0.25, -0.2) is 0 Å². The first kappa shape index (κ1) is 34.0. The Balaban J connectivity index is 0.000000153. The average Bonchev–Trinajstić information content (AvgIpc) is 3.22. The van der Waals surface area contributed by atoms with Crippen molar-refractivity contribution in [1.29, 1.82) is 0 Å². The van der Waals surface area contributed by atoms with Crippen LogP contribution in [0.5, 0.6) is 0 Å². The van der Waals surface area contributed by atoms with Gasteiger partial charge >= 0.3 is 0 Å². The van der Waals surface area contributed by atoms with Crippen LogP contribution in [0.2, 0.25) is 0 Å². The molecule has 0 amide bonds. The van der Waals surface area contributed by atoms with Crippen molar-refractivity contribution in [3.8, 4) is 44.5 Å². The van der Waals surface area contributed by atoms with Gasteiger partial charge in [0.25, 0.3) is 0 Å². The van der Waals surface area contributed by atoms with E-state index in [1.165, 1.54) is 87.6 Å². The molecule has 0 N–H and O–H groups in total. The molecule has 0 spiro atoms. The monoisotopic (exact) mass is 816 g/mol. The predicted octanol–water partition coefficient (Wildman–Crippen LogP) is 16.2. The van der Waals surface area contributed by atoms with Crippen LogP contribution in [-0.4, -0.2) is 0 Å². The number of fused-ring (bicyclic) bond motifs is 4. The van der Waals surface area contributed by atoms with E-state index in [1.54, 1.807) is 0 Å². The van der Waals surface area contributed by atoms with E-state index < -0.39 is 0 Å².